The molecule has 1 saturated heterocycles. The van der Waals surface area contributed by atoms with Crippen molar-refractivity contribution < 1.29 is 9.59 Å². The van der Waals surface area contributed by atoms with Crippen LogP contribution in [-0.2, 0) is 22.6 Å². The van der Waals surface area contributed by atoms with Crippen LogP contribution in [0.3, 0.4) is 0 Å². The first-order valence-electron chi connectivity index (χ1n) is 8.50. The lowest BCUT2D eigenvalue weighted by molar-refractivity contribution is -0.132. The van der Waals surface area contributed by atoms with Crippen molar-refractivity contribution in [1.82, 2.24) is 20.1 Å². The summed E-state index contributed by atoms with van der Waals surface area (Å²) < 4.78 is 3.36. The monoisotopic (exact) mass is 437 g/mol. The Morgan fingerprint density at radius 2 is 2.31 bits per heavy atom. The second-order valence-corrected chi connectivity index (χ2v) is 7.34. The maximum absolute atomic E-state index is 12.6. The van der Waals surface area contributed by atoms with E-state index in [9.17, 15) is 9.59 Å². The van der Waals surface area contributed by atoms with Gasteiger partial charge in [-0.25, -0.2) is 0 Å². The molecule has 1 unspecified atom stereocenters. The van der Waals surface area contributed by atoms with Gasteiger partial charge in [0.05, 0.1) is 0 Å². The van der Waals surface area contributed by atoms with Gasteiger partial charge in [0.1, 0.15) is 11.7 Å². The average Bonchev–Trinajstić information content (AvgIpc) is 3.17. The number of benzene rings is 1. The van der Waals surface area contributed by atoms with Crippen LogP contribution in [0, 0.1) is 10.7 Å². The Hall–Kier alpha value is -2.00. The third-order valence-electron chi connectivity index (χ3n) is 4.44. The van der Waals surface area contributed by atoms with Gasteiger partial charge in [0, 0.05) is 36.2 Å². The number of nitrogens with zero attached hydrogens (tertiary/aromatic N) is 3. The van der Waals surface area contributed by atoms with Gasteiger partial charge in [0.15, 0.2) is 4.77 Å². The highest BCUT2D eigenvalue weighted by Gasteiger charge is 2.37. The zero-order valence-electron chi connectivity index (χ0n) is 14.4. The van der Waals surface area contributed by atoms with Crippen molar-refractivity contribution in [3.05, 3.63) is 39.3 Å². The summed E-state index contributed by atoms with van der Waals surface area (Å²) in [6.45, 7) is 3.67. The fourth-order valence-corrected chi connectivity index (χ4v) is 3.78. The van der Waals surface area contributed by atoms with Crippen LogP contribution >= 0.6 is 28.1 Å². The molecular formula is C17H20BrN5O2S. The van der Waals surface area contributed by atoms with E-state index in [1.165, 1.54) is 0 Å². The van der Waals surface area contributed by atoms with Crippen LogP contribution in [0.15, 0.2) is 28.7 Å². The summed E-state index contributed by atoms with van der Waals surface area (Å²) in [5.41, 5.74) is 0.804. The number of H-pyrrole nitrogens is 1. The summed E-state index contributed by atoms with van der Waals surface area (Å²) in [5, 5.41) is 9.78. The largest absolute Gasteiger partial charge is 0.355 e. The van der Waals surface area contributed by atoms with Gasteiger partial charge < -0.3 is 14.8 Å². The second-order valence-electron chi connectivity index (χ2n) is 6.04. The van der Waals surface area contributed by atoms with E-state index in [1.807, 2.05) is 35.8 Å². The Bertz CT molecular complexity index is 878. The normalized spacial score (nSPS) is 16.9. The number of halogens is 1. The molecule has 1 aromatic heterocycles. The minimum Gasteiger partial charge on any atom is -0.355 e. The van der Waals surface area contributed by atoms with Crippen molar-refractivity contribution in [1.29, 1.82) is 0 Å². The van der Waals surface area contributed by atoms with Gasteiger partial charge in [-0.2, -0.15) is 5.10 Å². The molecule has 0 aliphatic carbocycles. The quantitative estimate of drug-likeness (QED) is 0.536. The van der Waals surface area contributed by atoms with Gasteiger partial charge >= 0.3 is 0 Å². The van der Waals surface area contributed by atoms with Gasteiger partial charge in [-0.1, -0.05) is 22.0 Å². The molecule has 1 aliphatic rings. The van der Waals surface area contributed by atoms with E-state index in [4.69, 9.17) is 12.2 Å². The van der Waals surface area contributed by atoms with Crippen molar-refractivity contribution >= 4 is 45.6 Å². The summed E-state index contributed by atoms with van der Waals surface area (Å²) in [6.07, 6.45) is 1.08. The second kappa shape index (κ2) is 8.13. The fraction of sp³-hybridized carbons (Fsp3) is 0.412. The molecular weight excluding hydrogens is 418 g/mol. The highest BCUT2D eigenvalue weighted by molar-refractivity contribution is 9.10. The minimum absolute atomic E-state index is 0.156. The number of carbonyl (C=O) groups is 2. The first kappa shape index (κ1) is 18.8. The summed E-state index contributed by atoms with van der Waals surface area (Å²) >= 11 is 8.56. The minimum atomic E-state index is -0.638. The van der Waals surface area contributed by atoms with Crippen molar-refractivity contribution in [2.75, 3.05) is 18.0 Å². The van der Waals surface area contributed by atoms with E-state index in [2.05, 4.69) is 31.4 Å². The molecule has 2 N–H and O–H groups in total. The highest BCUT2D eigenvalue weighted by Crippen LogP contribution is 2.27. The molecule has 0 spiro atoms. The van der Waals surface area contributed by atoms with Crippen LogP contribution in [-0.4, -0.2) is 39.7 Å². The van der Waals surface area contributed by atoms with Crippen molar-refractivity contribution in [3.63, 3.8) is 0 Å². The van der Waals surface area contributed by atoms with Gasteiger partial charge in [-0.05, 0) is 43.8 Å². The Morgan fingerprint density at radius 3 is 3.04 bits per heavy atom. The Labute approximate surface area is 164 Å². The number of hydrogen-bond donors (Lipinski definition) is 2. The molecule has 1 aromatic carbocycles. The molecule has 2 aromatic rings. The number of hydrogen-bond acceptors (Lipinski definition) is 4. The number of anilines is 1. The van der Waals surface area contributed by atoms with E-state index in [0.717, 1.165) is 22.5 Å². The van der Waals surface area contributed by atoms with Crippen LogP contribution in [0.4, 0.5) is 5.69 Å². The molecule has 2 heterocycles. The molecule has 0 bridgehead atoms. The van der Waals surface area contributed by atoms with Crippen LogP contribution in [0.2, 0.25) is 0 Å². The van der Waals surface area contributed by atoms with Crippen LogP contribution in [0.1, 0.15) is 19.2 Å². The Kier molecular flexibility index (Phi) is 5.87. The molecule has 0 saturated carbocycles. The van der Waals surface area contributed by atoms with Crippen molar-refractivity contribution in [3.8, 4) is 0 Å². The lowest BCUT2D eigenvalue weighted by Gasteiger charge is -2.17. The SMILES string of the molecule is CCn1c(CCNC(=O)C2CCN(c3cccc(Br)c3)C2=O)n[nH]c1=S. The number of aromatic amines is 1. The predicted molar refractivity (Wildman–Crippen MR) is 104 cm³/mol. The third-order valence-corrected chi connectivity index (χ3v) is 5.25. The molecule has 9 heteroatoms. The zero-order valence-corrected chi connectivity index (χ0v) is 16.8. The predicted octanol–water partition coefficient (Wildman–Crippen LogP) is 2.43. The summed E-state index contributed by atoms with van der Waals surface area (Å²) in [4.78, 5) is 26.7. The van der Waals surface area contributed by atoms with Crippen LogP contribution < -0.4 is 10.2 Å². The van der Waals surface area contributed by atoms with E-state index in [1.54, 1.807) is 4.90 Å². The molecule has 1 fully saturated rings. The number of nitrogens with one attached hydrogen (secondary N) is 2. The number of rotatable bonds is 6. The number of amides is 2. The molecule has 138 valence electrons. The van der Waals surface area contributed by atoms with Gasteiger partial charge in [-0.3, -0.25) is 14.7 Å². The maximum atomic E-state index is 12.6. The summed E-state index contributed by atoms with van der Waals surface area (Å²) in [7, 11) is 0. The number of aromatic nitrogens is 3. The van der Waals surface area contributed by atoms with Gasteiger partial charge in [-0.15, -0.1) is 0 Å². The molecule has 7 nitrogen and oxygen atoms in total. The highest BCUT2D eigenvalue weighted by atomic mass is 79.9. The summed E-state index contributed by atoms with van der Waals surface area (Å²) in [6, 6.07) is 7.53. The lowest BCUT2D eigenvalue weighted by Crippen LogP contribution is -2.37. The molecule has 0 radical (unpaired) electrons. The number of carbonyl (C=O) groups excluding carboxylic acids is 2. The lowest BCUT2D eigenvalue weighted by atomic mass is 10.1. The Morgan fingerprint density at radius 1 is 1.50 bits per heavy atom. The smallest absolute Gasteiger partial charge is 0.239 e. The standard InChI is InChI=1S/C17H20BrN5O2S/c1-2-22-14(20-21-17(22)26)6-8-19-15(24)13-7-9-23(16(13)25)12-5-3-4-11(18)10-12/h3-5,10,13H,2,6-9H2,1H3,(H,19,24)(H,21,26). The molecule has 1 aliphatic heterocycles. The fourth-order valence-electron chi connectivity index (χ4n) is 3.11. The molecule has 1 atom stereocenters. The van der Waals surface area contributed by atoms with Crippen molar-refractivity contribution in [2.24, 2.45) is 5.92 Å². The first-order valence-corrected chi connectivity index (χ1v) is 9.70. The summed E-state index contributed by atoms with van der Waals surface area (Å²) in [5.74, 6) is -0.228. The molecule has 3 rings (SSSR count). The Balaban J connectivity index is 1.57. The third kappa shape index (κ3) is 3.88. The van der Waals surface area contributed by atoms with E-state index in [0.29, 0.717) is 30.7 Å². The molecule has 26 heavy (non-hydrogen) atoms. The topological polar surface area (TPSA) is 83.0 Å². The van der Waals surface area contributed by atoms with Crippen LogP contribution in [0.5, 0.6) is 0 Å². The van der Waals surface area contributed by atoms with E-state index in [-0.39, 0.29) is 11.8 Å². The van der Waals surface area contributed by atoms with Crippen LogP contribution in [0.25, 0.3) is 0 Å². The van der Waals surface area contributed by atoms with Gasteiger partial charge in [0.25, 0.3) is 0 Å². The van der Waals surface area contributed by atoms with E-state index < -0.39 is 5.92 Å². The molecule has 2 amide bonds. The van der Waals surface area contributed by atoms with Crippen molar-refractivity contribution in [2.45, 2.75) is 26.3 Å². The average molecular weight is 438 g/mol. The van der Waals surface area contributed by atoms with E-state index >= 15 is 0 Å². The zero-order chi connectivity index (χ0) is 18.7. The van der Waals surface area contributed by atoms with Gasteiger partial charge in [0.2, 0.25) is 11.8 Å². The first-order chi connectivity index (χ1) is 12.5. The maximum Gasteiger partial charge on any atom is 0.239 e.